The van der Waals surface area contributed by atoms with Crippen molar-refractivity contribution in [1.29, 1.82) is 0 Å². The lowest BCUT2D eigenvalue weighted by molar-refractivity contribution is 0.472. The molecule has 0 aliphatic rings. The van der Waals surface area contributed by atoms with Crippen molar-refractivity contribution in [3.05, 3.63) is 34.6 Å². The minimum absolute atomic E-state index is 0.134. The molecule has 0 spiro atoms. The molecule has 3 heteroatoms. The molecule has 0 fully saturated rings. The summed E-state index contributed by atoms with van der Waals surface area (Å²) in [5.74, 6) is -0.413. The molecule has 1 unspecified atom stereocenters. The van der Waals surface area contributed by atoms with Crippen molar-refractivity contribution in [2.45, 2.75) is 25.8 Å². The molecule has 0 aliphatic heterocycles. The summed E-state index contributed by atoms with van der Waals surface area (Å²) in [7, 11) is 0. The van der Waals surface area contributed by atoms with E-state index in [0.717, 1.165) is 6.42 Å². The summed E-state index contributed by atoms with van der Waals surface area (Å²) in [6, 6.07) is 4.71. The molecule has 0 heterocycles. The Hall–Kier alpha value is -0.600. The van der Waals surface area contributed by atoms with E-state index in [1.165, 1.54) is 6.07 Å². The number of nitrogens with two attached hydrogens (primary N) is 1. The molecule has 0 saturated carbocycles. The van der Waals surface area contributed by atoms with E-state index in [1.807, 2.05) is 13.8 Å². The molecule has 0 amide bonds. The van der Waals surface area contributed by atoms with Crippen LogP contribution in [0.2, 0.25) is 5.02 Å². The Morgan fingerprint density at radius 2 is 2.15 bits per heavy atom. The lowest BCUT2D eigenvalue weighted by Gasteiger charge is -2.24. The van der Waals surface area contributed by atoms with E-state index in [0.29, 0.717) is 5.56 Å². The van der Waals surface area contributed by atoms with Gasteiger partial charge in [0.25, 0.3) is 0 Å². The first-order valence-electron chi connectivity index (χ1n) is 4.22. The highest BCUT2D eigenvalue weighted by Gasteiger charge is 2.22. The van der Waals surface area contributed by atoms with Crippen LogP contribution in [0, 0.1) is 5.82 Å². The highest BCUT2D eigenvalue weighted by atomic mass is 35.5. The molecule has 0 aliphatic carbocycles. The number of benzene rings is 1. The van der Waals surface area contributed by atoms with Gasteiger partial charge in [-0.15, -0.1) is 0 Å². The number of rotatable bonds is 2. The lowest BCUT2D eigenvalue weighted by Crippen LogP contribution is -2.32. The van der Waals surface area contributed by atoms with Crippen LogP contribution in [0.15, 0.2) is 18.2 Å². The Balaban J connectivity index is 3.22. The predicted octanol–water partition coefficient (Wildman–Crippen LogP) is 3.06. The van der Waals surface area contributed by atoms with E-state index >= 15 is 0 Å². The van der Waals surface area contributed by atoms with Gasteiger partial charge in [-0.25, -0.2) is 4.39 Å². The second kappa shape index (κ2) is 3.64. The van der Waals surface area contributed by atoms with E-state index in [4.69, 9.17) is 17.3 Å². The van der Waals surface area contributed by atoms with Crippen molar-refractivity contribution in [3.63, 3.8) is 0 Å². The summed E-state index contributed by atoms with van der Waals surface area (Å²) < 4.78 is 13.1. The lowest BCUT2D eigenvalue weighted by atomic mass is 9.90. The quantitative estimate of drug-likeness (QED) is 0.782. The molecule has 72 valence electrons. The average molecular weight is 202 g/mol. The molecular weight excluding hydrogens is 189 g/mol. The van der Waals surface area contributed by atoms with Crippen LogP contribution in [0.25, 0.3) is 0 Å². The minimum atomic E-state index is -0.556. The van der Waals surface area contributed by atoms with E-state index in [9.17, 15) is 4.39 Å². The first-order valence-corrected chi connectivity index (χ1v) is 4.60. The zero-order valence-electron chi connectivity index (χ0n) is 7.77. The Labute approximate surface area is 82.7 Å². The average Bonchev–Trinajstić information content (AvgIpc) is 2.09. The van der Waals surface area contributed by atoms with Gasteiger partial charge in [0.15, 0.2) is 0 Å². The van der Waals surface area contributed by atoms with Crippen molar-refractivity contribution in [1.82, 2.24) is 0 Å². The van der Waals surface area contributed by atoms with Crippen LogP contribution in [0.4, 0.5) is 4.39 Å². The summed E-state index contributed by atoms with van der Waals surface area (Å²) in [6.45, 7) is 3.79. The van der Waals surface area contributed by atoms with Crippen LogP contribution >= 0.6 is 11.6 Å². The van der Waals surface area contributed by atoms with Gasteiger partial charge in [0.2, 0.25) is 0 Å². The molecule has 1 aromatic rings. The fraction of sp³-hybridized carbons (Fsp3) is 0.400. The van der Waals surface area contributed by atoms with Crippen LogP contribution in [-0.4, -0.2) is 0 Å². The summed E-state index contributed by atoms with van der Waals surface area (Å²) in [5, 5.41) is 0.134. The van der Waals surface area contributed by atoms with Crippen LogP contribution in [-0.2, 0) is 5.54 Å². The zero-order chi connectivity index (χ0) is 10.1. The third kappa shape index (κ3) is 2.01. The van der Waals surface area contributed by atoms with E-state index in [-0.39, 0.29) is 5.02 Å². The van der Waals surface area contributed by atoms with Gasteiger partial charge < -0.3 is 5.73 Å². The van der Waals surface area contributed by atoms with Gasteiger partial charge in [-0.1, -0.05) is 30.7 Å². The monoisotopic (exact) mass is 201 g/mol. The second-order valence-corrected chi connectivity index (χ2v) is 3.75. The molecular formula is C10H13ClFN. The SMILES string of the molecule is CCC(C)(N)c1cccc(F)c1Cl. The summed E-state index contributed by atoms with van der Waals surface area (Å²) in [6.07, 6.45) is 0.718. The Morgan fingerprint density at radius 1 is 1.54 bits per heavy atom. The van der Waals surface area contributed by atoms with E-state index < -0.39 is 11.4 Å². The van der Waals surface area contributed by atoms with Crippen LogP contribution in [0.1, 0.15) is 25.8 Å². The van der Waals surface area contributed by atoms with Gasteiger partial charge >= 0.3 is 0 Å². The molecule has 1 nitrogen and oxygen atoms in total. The molecule has 2 N–H and O–H groups in total. The molecule has 1 rings (SSSR count). The summed E-state index contributed by atoms with van der Waals surface area (Å²) in [5.41, 5.74) is 6.06. The molecule has 0 bridgehead atoms. The summed E-state index contributed by atoms with van der Waals surface area (Å²) >= 11 is 5.80. The number of hydrogen-bond acceptors (Lipinski definition) is 1. The van der Waals surface area contributed by atoms with Gasteiger partial charge in [0, 0.05) is 5.54 Å². The minimum Gasteiger partial charge on any atom is -0.322 e. The van der Waals surface area contributed by atoms with Crippen molar-refractivity contribution in [3.8, 4) is 0 Å². The van der Waals surface area contributed by atoms with Gasteiger partial charge in [0.1, 0.15) is 5.82 Å². The standard InChI is InChI=1S/C10H13ClFN/c1-3-10(2,13)7-5-4-6-8(12)9(7)11/h4-6H,3,13H2,1-2H3. The maximum absolute atomic E-state index is 13.1. The molecule has 0 aromatic heterocycles. The van der Waals surface area contributed by atoms with Crippen LogP contribution in [0.3, 0.4) is 0 Å². The van der Waals surface area contributed by atoms with Gasteiger partial charge in [-0.3, -0.25) is 0 Å². The maximum Gasteiger partial charge on any atom is 0.142 e. The third-order valence-electron chi connectivity index (χ3n) is 2.30. The topological polar surface area (TPSA) is 26.0 Å². The number of halogens is 2. The smallest absolute Gasteiger partial charge is 0.142 e. The molecule has 13 heavy (non-hydrogen) atoms. The number of hydrogen-bond donors (Lipinski definition) is 1. The Bertz CT molecular complexity index is 310. The highest BCUT2D eigenvalue weighted by Crippen LogP contribution is 2.29. The van der Waals surface area contributed by atoms with Crippen molar-refractivity contribution < 1.29 is 4.39 Å². The van der Waals surface area contributed by atoms with Gasteiger partial charge in [0.05, 0.1) is 5.02 Å². The van der Waals surface area contributed by atoms with Crippen molar-refractivity contribution >= 4 is 11.6 Å². The normalized spacial score (nSPS) is 15.5. The van der Waals surface area contributed by atoms with E-state index in [1.54, 1.807) is 12.1 Å². The van der Waals surface area contributed by atoms with Crippen LogP contribution in [0.5, 0.6) is 0 Å². The fourth-order valence-corrected chi connectivity index (χ4v) is 1.48. The Kier molecular flexibility index (Phi) is 2.94. The van der Waals surface area contributed by atoms with Gasteiger partial charge in [-0.2, -0.15) is 0 Å². The molecule has 1 atom stereocenters. The second-order valence-electron chi connectivity index (χ2n) is 3.37. The highest BCUT2D eigenvalue weighted by molar-refractivity contribution is 6.31. The van der Waals surface area contributed by atoms with Crippen molar-refractivity contribution in [2.24, 2.45) is 5.73 Å². The predicted molar refractivity (Wildman–Crippen MR) is 53.2 cm³/mol. The largest absolute Gasteiger partial charge is 0.322 e. The van der Waals surface area contributed by atoms with Crippen LogP contribution < -0.4 is 5.73 Å². The van der Waals surface area contributed by atoms with Crippen molar-refractivity contribution in [2.75, 3.05) is 0 Å². The van der Waals surface area contributed by atoms with E-state index in [2.05, 4.69) is 0 Å². The first-order chi connectivity index (χ1) is 5.99. The van der Waals surface area contributed by atoms with Gasteiger partial charge in [-0.05, 0) is 25.0 Å². The molecule has 0 saturated heterocycles. The first kappa shape index (κ1) is 10.5. The summed E-state index contributed by atoms with van der Waals surface area (Å²) in [4.78, 5) is 0. The molecule has 0 radical (unpaired) electrons. The Morgan fingerprint density at radius 3 is 2.69 bits per heavy atom. The zero-order valence-corrected chi connectivity index (χ0v) is 8.53. The fourth-order valence-electron chi connectivity index (χ4n) is 1.14. The maximum atomic E-state index is 13.1. The molecule has 1 aromatic carbocycles. The third-order valence-corrected chi connectivity index (χ3v) is 2.69.